The summed E-state index contributed by atoms with van der Waals surface area (Å²) in [6.07, 6.45) is 2.88. The summed E-state index contributed by atoms with van der Waals surface area (Å²) in [5, 5.41) is 8.90. The molecule has 1 atom stereocenters. The molecule has 6 nitrogen and oxygen atoms in total. The lowest BCUT2D eigenvalue weighted by atomic mass is 10.1. The van der Waals surface area contributed by atoms with Gasteiger partial charge in [-0.3, -0.25) is 9.78 Å². The van der Waals surface area contributed by atoms with E-state index in [4.69, 9.17) is 4.74 Å². The molecule has 2 heterocycles. The third-order valence-electron chi connectivity index (χ3n) is 4.29. The molecule has 0 aliphatic carbocycles. The normalized spacial score (nSPS) is 11.5. The molecule has 150 valence electrons. The number of thiazole rings is 1. The fourth-order valence-electron chi connectivity index (χ4n) is 2.75. The molecule has 4 rings (SSSR count). The maximum atomic E-state index is 12.4. The Kier molecular flexibility index (Phi) is 6.01. The van der Waals surface area contributed by atoms with Crippen LogP contribution in [0, 0.1) is 0 Å². The fourth-order valence-corrected chi connectivity index (χ4v) is 3.49. The van der Waals surface area contributed by atoms with Crippen LogP contribution in [0.2, 0.25) is 0 Å². The summed E-state index contributed by atoms with van der Waals surface area (Å²) in [5.74, 6) is 0.456. The van der Waals surface area contributed by atoms with Gasteiger partial charge in [0.25, 0.3) is 5.91 Å². The molecule has 30 heavy (non-hydrogen) atoms. The molecule has 0 saturated heterocycles. The molecule has 0 fully saturated rings. The third-order valence-corrected chi connectivity index (χ3v) is 5.05. The van der Waals surface area contributed by atoms with Crippen molar-refractivity contribution in [3.05, 3.63) is 84.5 Å². The molecule has 0 aliphatic rings. The summed E-state index contributed by atoms with van der Waals surface area (Å²) in [5.41, 5.74) is 3.43. The molecule has 0 spiro atoms. The van der Waals surface area contributed by atoms with Crippen LogP contribution in [-0.2, 0) is 4.79 Å². The number of ether oxygens (including phenoxy) is 1. The van der Waals surface area contributed by atoms with E-state index in [1.54, 1.807) is 19.3 Å². The second-order valence-electron chi connectivity index (χ2n) is 6.54. The highest BCUT2D eigenvalue weighted by molar-refractivity contribution is 7.14. The topological polar surface area (TPSA) is 76.1 Å². The van der Waals surface area contributed by atoms with E-state index in [1.807, 2.05) is 72.1 Å². The van der Waals surface area contributed by atoms with Crippen molar-refractivity contribution in [1.29, 1.82) is 0 Å². The number of nitrogens with zero attached hydrogens (tertiary/aromatic N) is 2. The highest BCUT2D eigenvalue weighted by atomic mass is 32.1. The summed E-state index contributed by atoms with van der Waals surface area (Å²) in [6.45, 7) is 1.72. The van der Waals surface area contributed by atoms with Crippen molar-refractivity contribution in [2.24, 2.45) is 0 Å². The zero-order valence-electron chi connectivity index (χ0n) is 16.3. The number of rotatable bonds is 7. The van der Waals surface area contributed by atoms with Crippen molar-refractivity contribution < 1.29 is 9.53 Å². The molecule has 2 N–H and O–H groups in total. The molecule has 0 radical (unpaired) electrons. The van der Waals surface area contributed by atoms with Gasteiger partial charge in [0.2, 0.25) is 0 Å². The first kappa shape index (κ1) is 19.6. The predicted octanol–water partition coefficient (Wildman–Crippen LogP) is 5.35. The van der Waals surface area contributed by atoms with Gasteiger partial charge in [0.1, 0.15) is 5.75 Å². The maximum Gasteiger partial charge on any atom is 0.265 e. The third kappa shape index (κ3) is 5.01. The second kappa shape index (κ2) is 9.19. The Morgan fingerprint density at radius 2 is 1.80 bits per heavy atom. The number of pyridine rings is 1. The fraction of sp³-hybridized carbons (Fsp3) is 0.0870. The van der Waals surface area contributed by atoms with Crippen LogP contribution >= 0.6 is 11.3 Å². The van der Waals surface area contributed by atoms with Crippen LogP contribution in [-0.4, -0.2) is 22.0 Å². The number of carbonyl (C=O) groups excluding carboxylic acids is 1. The van der Waals surface area contributed by atoms with Gasteiger partial charge in [-0.05, 0) is 43.3 Å². The molecule has 2 aromatic heterocycles. The quantitative estimate of drug-likeness (QED) is 0.424. The highest BCUT2D eigenvalue weighted by Gasteiger charge is 2.15. The van der Waals surface area contributed by atoms with Crippen molar-refractivity contribution in [1.82, 2.24) is 9.97 Å². The molecule has 4 aromatic rings. The van der Waals surface area contributed by atoms with Crippen molar-refractivity contribution >= 4 is 33.8 Å². The number of aromatic nitrogens is 2. The minimum absolute atomic E-state index is 0.205. The Morgan fingerprint density at radius 1 is 1.00 bits per heavy atom. The molecule has 2 aromatic carbocycles. The molecule has 7 heteroatoms. The number of benzene rings is 2. The zero-order valence-corrected chi connectivity index (χ0v) is 17.1. The monoisotopic (exact) mass is 416 g/mol. The van der Waals surface area contributed by atoms with Crippen LogP contribution in [0.1, 0.15) is 6.92 Å². The van der Waals surface area contributed by atoms with Crippen LogP contribution in [0.4, 0.5) is 16.5 Å². The summed E-state index contributed by atoms with van der Waals surface area (Å²) < 4.78 is 5.66. The Morgan fingerprint density at radius 3 is 2.53 bits per heavy atom. The molecule has 0 unspecified atom stereocenters. The van der Waals surface area contributed by atoms with Crippen LogP contribution in [0.15, 0.2) is 84.5 Å². The Balaban J connectivity index is 1.36. The number of para-hydroxylation sites is 1. The van der Waals surface area contributed by atoms with Crippen molar-refractivity contribution in [3.8, 4) is 17.0 Å². The van der Waals surface area contributed by atoms with Gasteiger partial charge in [0.15, 0.2) is 11.2 Å². The van der Waals surface area contributed by atoms with E-state index in [0.29, 0.717) is 11.4 Å². The summed E-state index contributed by atoms with van der Waals surface area (Å²) >= 11 is 1.52. The van der Waals surface area contributed by atoms with Gasteiger partial charge < -0.3 is 15.4 Å². The lowest BCUT2D eigenvalue weighted by Gasteiger charge is -2.14. The molecular formula is C23H20N4O2S. The van der Waals surface area contributed by atoms with E-state index < -0.39 is 6.10 Å². The molecule has 0 saturated carbocycles. The van der Waals surface area contributed by atoms with Crippen LogP contribution in [0.3, 0.4) is 0 Å². The van der Waals surface area contributed by atoms with Gasteiger partial charge in [-0.25, -0.2) is 4.98 Å². The van der Waals surface area contributed by atoms with Crippen molar-refractivity contribution in [3.63, 3.8) is 0 Å². The second-order valence-corrected chi connectivity index (χ2v) is 7.40. The lowest BCUT2D eigenvalue weighted by molar-refractivity contribution is -0.122. The largest absolute Gasteiger partial charge is 0.481 e. The average Bonchev–Trinajstić information content (AvgIpc) is 3.24. The van der Waals surface area contributed by atoms with E-state index >= 15 is 0 Å². The number of amides is 1. The van der Waals surface area contributed by atoms with E-state index in [2.05, 4.69) is 20.6 Å². The van der Waals surface area contributed by atoms with Crippen molar-refractivity contribution in [2.45, 2.75) is 13.0 Å². The summed E-state index contributed by atoms with van der Waals surface area (Å²) in [4.78, 5) is 21.1. The Bertz CT molecular complexity index is 1100. The number of hydrogen-bond donors (Lipinski definition) is 2. The summed E-state index contributed by atoms with van der Waals surface area (Å²) in [6, 6.07) is 20.7. The van der Waals surface area contributed by atoms with Gasteiger partial charge >= 0.3 is 0 Å². The first-order chi connectivity index (χ1) is 14.7. The van der Waals surface area contributed by atoms with Gasteiger partial charge in [0.05, 0.1) is 17.6 Å². The minimum atomic E-state index is -0.605. The highest BCUT2D eigenvalue weighted by Crippen LogP contribution is 2.27. The van der Waals surface area contributed by atoms with Crippen LogP contribution in [0.5, 0.6) is 5.75 Å². The Labute approximate surface area is 178 Å². The molecule has 0 aliphatic heterocycles. The van der Waals surface area contributed by atoms with Crippen LogP contribution < -0.4 is 15.4 Å². The Hall–Kier alpha value is -3.71. The molecule has 0 bridgehead atoms. The maximum absolute atomic E-state index is 12.4. The molecule has 1 amide bonds. The van der Waals surface area contributed by atoms with E-state index in [-0.39, 0.29) is 5.91 Å². The lowest BCUT2D eigenvalue weighted by Crippen LogP contribution is -2.30. The number of nitrogens with one attached hydrogen (secondary N) is 2. The first-order valence-electron chi connectivity index (χ1n) is 9.43. The van der Waals surface area contributed by atoms with E-state index in [1.165, 1.54) is 11.3 Å². The zero-order chi connectivity index (χ0) is 20.8. The van der Waals surface area contributed by atoms with Crippen molar-refractivity contribution in [2.75, 3.05) is 10.6 Å². The number of carbonyl (C=O) groups is 1. The van der Waals surface area contributed by atoms with E-state index in [9.17, 15) is 4.79 Å². The van der Waals surface area contributed by atoms with E-state index in [0.717, 1.165) is 22.1 Å². The average molecular weight is 417 g/mol. The van der Waals surface area contributed by atoms with Gasteiger partial charge in [-0.15, -0.1) is 11.3 Å². The SMILES string of the molecule is C[C@@H](Oc1ccccc1)C(=O)Nc1ccc(-c2csc(Nc3cccnc3)n2)cc1. The van der Waals surface area contributed by atoms with Crippen LogP contribution in [0.25, 0.3) is 11.3 Å². The van der Waals surface area contributed by atoms with Gasteiger partial charge in [-0.1, -0.05) is 30.3 Å². The van der Waals surface area contributed by atoms with Gasteiger partial charge in [-0.2, -0.15) is 0 Å². The first-order valence-corrected chi connectivity index (χ1v) is 10.3. The number of hydrogen-bond acceptors (Lipinski definition) is 6. The number of anilines is 3. The summed E-state index contributed by atoms with van der Waals surface area (Å²) in [7, 11) is 0. The minimum Gasteiger partial charge on any atom is -0.481 e. The smallest absolute Gasteiger partial charge is 0.265 e. The van der Waals surface area contributed by atoms with Gasteiger partial charge in [0, 0.05) is 22.8 Å². The predicted molar refractivity (Wildman–Crippen MR) is 120 cm³/mol. The molecular weight excluding hydrogens is 396 g/mol. The standard InChI is InChI=1S/C23H20N4O2S/c1-16(29-20-7-3-2-4-8-20)22(28)25-18-11-9-17(10-12-18)21-15-30-23(27-21)26-19-6-5-13-24-14-19/h2-16H,1H3,(H,25,28)(H,26,27)/t16-/m1/s1.